The molecule has 29 heavy (non-hydrogen) atoms. The highest BCUT2D eigenvalue weighted by Crippen LogP contribution is 2.19. The number of rotatable bonds is 12. The Balaban J connectivity index is 2.78. The molecule has 1 fully saturated rings. The zero-order chi connectivity index (χ0) is 21.8. The minimum absolute atomic E-state index is 0.323. The maximum absolute atomic E-state index is 12.8. The van der Waals surface area contributed by atoms with Crippen LogP contribution in [0.1, 0.15) is 52.4 Å². The fraction of sp³-hybridized carbons (Fsp3) is 0.800. The molecular formula is C20H35N3O6. The number of esters is 2. The van der Waals surface area contributed by atoms with Crippen molar-refractivity contribution in [3.8, 4) is 0 Å². The number of carbonyl (C=O) groups is 4. The van der Waals surface area contributed by atoms with E-state index in [0.29, 0.717) is 25.9 Å². The lowest BCUT2D eigenvalue weighted by atomic mass is 9.93. The van der Waals surface area contributed by atoms with Crippen molar-refractivity contribution in [3.05, 3.63) is 0 Å². The Morgan fingerprint density at radius 1 is 0.828 bits per heavy atom. The molecule has 0 radical (unpaired) electrons. The van der Waals surface area contributed by atoms with Gasteiger partial charge >= 0.3 is 11.9 Å². The van der Waals surface area contributed by atoms with Gasteiger partial charge in [-0.05, 0) is 12.8 Å². The van der Waals surface area contributed by atoms with E-state index < -0.39 is 35.9 Å². The van der Waals surface area contributed by atoms with Gasteiger partial charge in [0.1, 0.15) is 12.1 Å². The summed E-state index contributed by atoms with van der Waals surface area (Å²) >= 11 is 0. The fourth-order valence-electron chi connectivity index (χ4n) is 3.39. The summed E-state index contributed by atoms with van der Waals surface area (Å²) in [5.74, 6) is -3.00. The van der Waals surface area contributed by atoms with Crippen LogP contribution in [-0.2, 0) is 28.7 Å². The number of amides is 2. The van der Waals surface area contributed by atoms with Crippen LogP contribution in [0.3, 0.4) is 0 Å². The smallest absolute Gasteiger partial charge is 0.328 e. The molecule has 3 N–H and O–H groups in total. The molecule has 1 rings (SSSR count). The lowest BCUT2D eigenvalue weighted by Crippen LogP contribution is -2.50. The molecule has 0 saturated carbocycles. The SMILES string of the molecule is CCCC[C@H](NC(=O)[C@H]1CNC[C@@H]1C(=O)N[C@@H](CCCC)C(=O)OC)C(=O)OC. The quantitative estimate of drug-likeness (QED) is 0.399. The van der Waals surface area contributed by atoms with E-state index in [-0.39, 0.29) is 11.8 Å². The molecule has 166 valence electrons. The van der Waals surface area contributed by atoms with E-state index in [2.05, 4.69) is 16.0 Å². The number of ether oxygens (including phenoxy) is 2. The molecule has 1 aliphatic heterocycles. The van der Waals surface area contributed by atoms with E-state index in [4.69, 9.17) is 9.47 Å². The predicted molar refractivity (Wildman–Crippen MR) is 107 cm³/mol. The largest absolute Gasteiger partial charge is 0.467 e. The van der Waals surface area contributed by atoms with Gasteiger partial charge in [-0.15, -0.1) is 0 Å². The Bertz CT molecular complexity index is 520. The molecule has 0 bridgehead atoms. The molecular weight excluding hydrogens is 378 g/mol. The number of hydrogen-bond donors (Lipinski definition) is 3. The monoisotopic (exact) mass is 413 g/mol. The summed E-state index contributed by atoms with van der Waals surface area (Å²) in [6.07, 6.45) is 4.26. The molecule has 9 nitrogen and oxygen atoms in total. The average Bonchev–Trinajstić information content (AvgIpc) is 3.22. The number of carbonyl (C=O) groups excluding carboxylic acids is 4. The minimum Gasteiger partial charge on any atom is -0.467 e. The molecule has 0 aromatic rings. The Labute approximate surface area is 172 Å². The van der Waals surface area contributed by atoms with Gasteiger partial charge in [0.05, 0.1) is 26.1 Å². The Morgan fingerprint density at radius 3 is 1.52 bits per heavy atom. The minimum atomic E-state index is -0.732. The van der Waals surface area contributed by atoms with Gasteiger partial charge in [-0.1, -0.05) is 39.5 Å². The Kier molecular flexibility index (Phi) is 11.3. The summed E-state index contributed by atoms with van der Waals surface area (Å²) in [5.41, 5.74) is 0. The first kappa shape index (κ1) is 24.9. The van der Waals surface area contributed by atoms with Crippen LogP contribution >= 0.6 is 0 Å². The molecule has 1 saturated heterocycles. The maximum atomic E-state index is 12.8. The molecule has 9 heteroatoms. The van der Waals surface area contributed by atoms with E-state index in [1.165, 1.54) is 14.2 Å². The first-order valence-corrected chi connectivity index (χ1v) is 10.4. The van der Waals surface area contributed by atoms with Crippen LogP contribution in [0.4, 0.5) is 0 Å². The van der Waals surface area contributed by atoms with Crippen molar-refractivity contribution in [2.45, 2.75) is 64.5 Å². The predicted octanol–water partition coefficient (Wildman–Crippen LogP) is 0.518. The van der Waals surface area contributed by atoms with Crippen LogP contribution in [-0.4, -0.2) is 63.1 Å². The second-order valence-corrected chi connectivity index (χ2v) is 7.32. The van der Waals surface area contributed by atoms with Crippen LogP contribution in [0.15, 0.2) is 0 Å². The number of unbranched alkanes of at least 4 members (excludes halogenated alkanes) is 2. The van der Waals surface area contributed by atoms with Gasteiger partial charge in [-0.25, -0.2) is 9.59 Å². The van der Waals surface area contributed by atoms with Gasteiger partial charge in [0.15, 0.2) is 0 Å². The first-order chi connectivity index (χ1) is 13.9. The third-order valence-corrected chi connectivity index (χ3v) is 5.18. The molecule has 0 aromatic heterocycles. The summed E-state index contributed by atoms with van der Waals surface area (Å²) in [6, 6.07) is -1.46. The first-order valence-electron chi connectivity index (χ1n) is 10.4. The van der Waals surface area contributed by atoms with E-state index in [0.717, 1.165) is 25.7 Å². The highest BCUT2D eigenvalue weighted by atomic mass is 16.5. The van der Waals surface area contributed by atoms with Gasteiger partial charge in [0, 0.05) is 13.1 Å². The van der Waals surface area contributed by atoms with Crippen molar-refractivity contribution >= 4 is 23.8 Å². The third-order valence-electron chi connectivity index (χ3n) is 5.18. The standard InChI is InChI=1S/C20H35N3O6/c1-5-7-9-15(19(26)28-3)22-17(24)13-11-21-12-14(13)18(25)23-16(10-8-6-2)20(27)29-4/h13-16,21H,5-12H2,1-4H3,(H,22,24)(H,23,25)/t13-,14-,15-,16-/m0/s1. The second-order valence-electron chi connectivity index (χ2n) is 7.32. The topological polar surface area (TPSA) is 123 Å². The van der Waals surface area contributed by atoms with Gasteiger partial charge in [-0.2, -0.15) is 0 Å². The second kappa shape index (κ2) is 13.1. The van der Waals surface area contributed by atoms with E-state index >= 15 is 0 Å². The van der Waals surface area contributed by atoms with Crippen molar-refractivity contribution in [1.29, 1.82) is 0 Å². The normalized spacial score (nSPS) is 20.4. The summed E-state index contributed by atoms with van der Waals surface area (Å²) in [7, 11) is 2.56. The van der Waals surface area contributed by atoms with Gasteiger partial charge in [-0.3, -0.25) is 9.59 Å². The Morgan fingerprint density at radius 2 is 1.21 bits per heavy atom. The lowest BCUT2D eigenvalue weighted by molar-refractivity contribution is -0.147. The lowest BCUT2D eigenvalue weighted by Gasteiger charge is -2.23. The summed E-state index contributed by atoms with van der Waals surface area (Å²) < 4.78 is 9.55. The average molecular weight is 414 g/mol. The van der Waals surface area contributed by atoms with Crippen molar-refractivity contribution in [3.63, 3.8) is 0 Å². The van der Waals surface area contributed by atoms with Crippen LogP contribution in [0, 0.1) is 11.8 Å². The summed E-state index contributed by atoms with van der Waals surface area (Å²) in [5, 5.41) is 8.50. The van der Waals surface area contributed by atoms with Crippen LogP contribution in [0.2, 0.25) is 0 Å². The molecule has 0 aromatic carbocycles. The molecule has 1 heterocycles. The van der Waals surface area contributed by atoms with Gasteiger partial charge < -0.3 is 25.4 Å². The number of nitrogens with one attached hydrogen (secondary N) is 3. The van der Waals surface area contributed by atoms with Crippen molar-refractivity contribution in [2.75, 3.05) is 27.3 Å². The fourth-order valence-corrected chi connectivity index (χ4v) is 3.39. The molecule has 2 amide bonds. The molecule has 0 unspecified atom stereocenters. The van der Waals surface area contributed by atoms with Crippen molar-refractivity contribution in [2.24, 2.45) is 11.8 Å². The van der Waals surface area contributed by atoms with Crippen LogP contribution in [0.25, 0.3) is 0 Å². The van der Waals surface area contributed by atoms with Gasteiger partial charge in [0.25, 0.3) is 0 Å². The third kappa shape index (κ3) is 7.64. The van der Waals surface area contributed by atoms with Crippen LogP contribution < -0.4 is 16.0 Å². The molecule has 0 spiro atoms. The van der Waals surface area contributed by atoms with Gasteiger partial charge in [0.2, 0.25) is 11.8 Å². The maximum Gasteiger partial charge on any atom is 0.328 e. The highest BCUT2D eigenvalue weighted by Gasteiger charge is 2.40. The molecule has 1 aliphatic rings. The van der Waals surface area contributed by atoms with E-state index in [1.54, 1.807) is 0 Å². The molecule has 4 atom stereocenters. The van der Waals surface area contributed by atoms with Crippen molar-refractivity contribution in [1.82, 2.24) is 16.0 Å². The van der Waals surface area contributed by atoms with E-state index in [9.17, 15) is 19.2 Å². The van der Waals surface area contributed by atoms with Crippen molar-refractivity contribution < 1.29 is 28.7 Å². The van der Waals surface area contributed by atoms with Crippen LogP contribution in [0.5, 0.6) is 0 Å². The Hall–Kier alpha value is -2.16. The number of hydrogen-bond acceptors (Lipinski definition) is 7. The number of methoxy groups -OCH3 is 2. The molecule has 0 aliphatic carbocycles. The highest BCUT2D eigenvalue weighted by molar-refractivity contribution is 5.92. The summed E-state index contributed by atoms with van der Waals surface area (Å²) in [6.45, 7) is 4.63. The summed E-state index contributed by atoms with van der Waals surface area (Å²) in [4.78, 5) is 49.5. The van der Waals surface area contributed by atoms with E-state index in [1.807, 2.05) is 13.8 Å². The zero-order valence-corrected chi connectivity index (χ0v) is 17.9. The zero-order valence-electron chi connectivity index (χ0n) is 17.9.